The summed E-state index contributed by atoms with van der Waals surface area (Å²) < 4.78 is 10.7. The van der Waals surface area contributed by atoms with Gasteiger partial charge in [0.25, 0.3) is 5.91 Å². The lowest BCUT2D eigenvalue weighted by Gasteiger charge is -2.35. The highest BCUT2D eigenvalue weighted by Crippen LogP contribution is 2.29. The molecule has 1 aliphatic carbocycles. The van der Waals surface area contributed by atoms with Crippen LogP contribution in [0, 0.1) is 11.8 Å². The predicted octanol–water partition coefficient (Wildman–Crippen LogP) is 3.57. The van der Waals surface area contributed by atoms with Crippen LogP contribution < -0.4 is 10.1 Å². The van der Waals surface area contributed by atoms with Crippen molar-refractivity contribution in [3.8, 4) is 5.75 Å². The first-order chi connectivity index (χ1) is 11.9. The second kappa shape index (κ2) is 8.88. The quantitative estimate of drug-likeness (QED) is 0.799. The summed E-state index contributed by atoms with van der Waals surface area (Å²) in [4.78, 5) is 24.6. The van der Waals surface area contributed by atoms with Gasteiger partial charge in [-0.05, 0) is 56.4 Å². The molecule has 0 radical (unpaired) electrons. The van der Waals surface area contributed by atoms with Gasteiger partial charge in [-0.3, -0.25) is 4.79 Å². The standard InChI is InChI=1S/C20H29NO4/c1-5-24-17-11-9-16(10-12-17)20(23)25-15(4)19(22)21-18-8-6-7-13(2)14(18)3/h9-15,18H,5-8H2,1-4H3,(H,21,22)/t13-,14-,15-,18+/m0/s1. The molecule has 1 aliphatic rings. The molecule has 25 heavy (non-hydrogen) atoms. The van der Waals surface area contributed by atoms with Crippen LogP contribution in [0.2, 0.25) is 0 Å². The molecule has 0 spiro atoms. The molecule has 1 aromatic rings. The Morgan fingerprint density at radius 3 is 2.52 bits per heavy atom. The number of hydrogen-bond acceptors (Lipinski definition) is 4. The first kappa shape index (κ1) is 19.3. The lowest BCUT2D eigenvalue weighted by atomic mass is 9.78. The summed E-state index contributed by atoms with van der Waals surface area (Å²) in [5.41, 5.74) is 0.405. The zero-order chi connectivity index (χ0) is 18.4. The first-order valence-corrected chi connectivity index (χ1v) is 9.16. The monoisotopic (exact) mass is 347 g/mol. The van der Waals surface area contributed by atoms with Gasteiger partial charge in [-0.15, -0.1) is 0 Å². The number of esters is 1. The van der Waals surface area contributed by atoms with Crippen LogP contribution in [0.15, 0.2) is 24.3 Å². The third kappa shape index (κ3) is 5.21. The van der Waals surface area contributed by atoms with E-state index in [9.17, 15) is 9.59 Å². The van der Waals surface area contributed by atoms with E-state index in [1.807, 2.05) is 6.92 Å². The molecule has 0 unspecified atom stereocenters. The number of hydrogen-bond donors (Lipinski definition) is 1. The maximum atomic E-state index is 12.4. The Balaban J connectivity index is 1.88. The van der Waals surface area contributed by atoms with Crippen molar-refractivity contribution in [3.05, 3.63) is 29.8 Å². The number of carbonyl (C=O) groups is 2. The second-order valence-electron chi connectivity index (χ2n) is 6.89. The van der Waals surface area contributed by atoms with Crippen molar-refractivity contribution in [2.75, 3.05) is 6.61 Å². The summed E-state index contributed by atoms with van der Waals surface area (Å²) in [7, 11) is 0. The molecule has 0 aliphatic heterocycles. The summed E-state index contributed by atoms with van der Waals surface area (Å²) in [6.45, 7) is 8.47. The molecule has 1 fully saturated rings. The van der Waals surface area contributed by atoms with Crippen molar-refractivity contribution in [1.29, 1.82) is 0 Å². The van der Waals surface area contributed by atoms with E-state index >= 15 is 0 Å². The average Bonchev–Trinajstić information content (AvgIpc) is 2.59. The summed E-state index contributed by atoms with van der Waals surface area (Å²) in [5, 5.41) is 3.05. The Morgan fingerprint density at radius 1 is 1.20 bits per heavy atom. The Morgan fingerprint density at radius 2 is 1.88 bits per heavy atom. The fourth-order valence-corrected chi connectivity index (χ4v) is 3.22. The zero-order valence-electron chi connectivity index (χ0n) is 15.6. The van der Waals surface area contributed by atoms with Crippen LogP contribution in [0.1, 0.15) is 57.3 Å². The summed E-state index contributed by atoms with van der Waals surface area (Å²) >= 11 is 0. The summed E-state index contributed by atoms with van der Waals surface area (Å²) in [5.74, 6) is 0.999. The van der Waals surface area contributed by atoms with Gasteiger partial charge in [0.1, 0.15) is 5.75 Å². The molecular weight excluding hydrogens is 318 g/mol. The molecule has 1 aromatic carbocycles. The minimum atomic E-state index is -0.816. The molecule has 2 rings (SSSR count). The first-order valence-electron chi connectivity index (χ1n) is 9.16. The molecule has 5 nitrogen and oxygen atoms in total. The van der Waals surface area contributed by atoms with Crippen LogP contribution >= 0.6 is 0 Å². The number of amides is 1. The van der Waals surface area contributed by atoms with Gasteiger partial charge in [0.05, 0.1) is 12.2 Å². The van der Waals surface area contributed by atoms with Gasteiger partial charge in [-0.2, -0.15) is 0 Å². The predicted molar refractivity (Wildman–Crippen MR) is 96.6 cm³/mol. The highest BCUT2D eigenvalue weighted by atomic mass is 16.5. The van der Waals surface area contributed by atoms with Gasteiger partial charge in [0.2, 0.25) is 0 Å². The molecule has 138 valence electrons. The van der Waals surface area contributed by atoms with E-state index in [2.05, 4.69) is 19.2 Å². The van der Waals surface area contributed by atoms with E-state index < -0.39 is 12.1 Å². The molecule has 5 heteroatoms. The number of nitrogens with one attached hydrogen (secondary N) is 1. The molecule has 0 aromatic heterocycles. The van der Waals surface area contributed by atoms with E-state index in [1.54, 1.807) is 31.2 Å². The van der Waals surface area contributed by atoms with Crippen molar-refractivity contribution in [2.45, 2.75) is 59.1 Å². The van der Waals surface area contributed by atoms with Crippen LogP contribution in [0.5, 0.6) is 5.75 Å². The number of carbonyl (C=O) groups excluding carboxylic acids is 2. The van der Waals surface area contributed by atoms with E-state index in [1.165, 1.54) is 6.42 Å². The molecule has 1 amide bonds. The highest BCUT2D eigenvalue weighted by Gasteiger charge is 2.30. The minimum Gasteiger partial charge on any atom is -0.494 e. The topological polar surface area (TPSA) is 64.6 Å². The number of benzene rings is 1. The molecule has 0 heterocycles. The lowest BCUT2D eigenvalue weighted by molar-refractivity contribution is -0.130. The van der Waals surface area contributed by atoms with E-state index in [0.29, 0.717) is 29.8 Å². The number of ether oxygens (including phenoxy) is 2. The van der Waals surface area contributed by atoms with Crippen molar-refractivity contribution >= 4 is 11.9 Å². The van der Waals surface area contributed by atoms with Crippen LogP contribution in [0.25, 0.3) is 0 Å². The van der Waals surface area contributed by atoms with Crippen LogP contribution in [0.3, 0.4) is 0 Å². The largest absolute Gasteiger partial charge is 0.494 e. The van der Waals surface area contributed by atoms with Crippen molar-refractivity contribution < 1.29 is 19.1 Å². The van der Waals surface area contributed by atoms with Gasteiger partial charge < -0.3 is 14.8 Å². The van der Waals surface area contributed by atoms with E-state index in [-0.39, 0.29) is 11.9 Å². The highest BCUT2D eigenvalue weighted by molar-refractivity contribution is 5.92. The zero-order valence-corrected chi connectivity index (χ0v) is 15.6. The SMILES string of the molecule is CCOc1ccc(C(=O)O[C@@H](C)C(=O)N[C@@H]2CCC[C@H](C)[C@@H]2C)cc1. The van der Waals surface area contributed by atoms with Crippen LogP contribution in [0.4, 0.5) is 0 Å². The number of rotatable bonds is 6. The van der Waals surface area contributed by atoms with Gasteiger partial charge >= 0.3 is 5.97 Å². The Bertz CT molecular complexity index is 584. The molecule has 0 saturated heterocycles. The molecular formula is C20H29NO4. The molecule has 1 N–H and O–H groups in total. The van der Waals surface area contributed by atoms with Crippen molar-refractivity contribution in [1.82, 2.24) is 5.32 Å². The third-order valence-corrected chi connectivity index (χ3v) is 5.09. The molecule has 1 saturated carbocycles. The summed E-state index contributed by atoms with van der Waals surface area (Å²) in [6, 6.07) is 6.88. The van der Waals surface area contributed by atoms with E-state index in [4.69, 9.17) is 9.47 Å². The third-order valence-electron chi connectivity index (χ3n) is 5.09. The van der Waals surface area contributed by atoms with Crippen LogP contribution in [-0.2, 0) is 9.53 Å². The normalized spacial score (nSPS) is 24.2. The fraction of sp³-hybridized carbons (Fsp3) is 0.600. The smallest absolute Gasteiger partial charge is 0.338 e. The maximum absolute atomic E-state index is 12.4. The Kier molecular flexibility index (Phi) is 6.85. The average molecular weight is 347 g/mol. The molecule has 0 bridgehead atoms. The van der Waals surface area contributed by atoms with Gasteiger partial charge in [0.15, 0.2) is 6.10 Å². The Labute approximate surface area is 150 Å². The minimum absolute atomic E-state index is 0.155. The van der Waals surface area contributed by atoms with Gasteiger partial charge in [-0.25, -0.2) is 4.79 Å². The van der Waals surface area contributed by atoms with Gasteiger partial charge in [-0.1, -0.05) is 26.7 Å². The maximum Gasteiger partial charge on any atom is 0.338 e. The molecule has 4 atom stereocenters. The lowest BCUT2D eigenvalue weighted by Crippen LogP contribution is -2.47. The fourth-order valence-electron chi connectivity index (χ4n) is 3.22. The summed E-state index contributed by atoms with van der Waals surface area (Å²) in [6.07, 6.45) is 2.49. The van der Waals surface area contributed by atoms with Crippen molar-refractivity contribution in [2.24, 2.45) is 11.8 Å². The second-order valence-corrected chi connectivity index (χ2v) is 6.89. The van der Waals surface area contributed by atoms with E-state index in [0.717, 1.165) is 12.8 Å². The van der Waals surface area contributed by atoms with Crippen LogP contribution in [-0.4, -0.2) is 30.6 Å². The van der Waals surface area contributed by atoms with Gasteiger partial charge in [0, 0.05) is 6.04 Å². The Hall–Kier alpha value is -2.04. The van der Waals surface area contributed by atoms with Crippen molar-refractivity contribution in [3.63, 3.8) is 0 Å².